The van der Waals surface area contributed by atoms with Crippen LogP contribution in [0.2, 0.25) is 0 Å². The SMILES string of the molecule is BrCCOCCBr.C.COC(=O)C1(S(=O)(=O)N2CCC(OCc3ccc(OC(F)(F)F)cc3)CC2)CCOCC1.COC(=O)CS(=O)(=O)N1CCC(OCc2ccc(OC(F)(F)F)cc2)CC1. The van der Waals surface area contributed by atoms with Crippen molar-refractivity contribution >= 4 is 63.8 Å². The summed E-state index contributed by atoms with van der Waals surface area (Å²) in [6, 6.07) is 10.7. The van der Waals surface area contributed by atoms with Crippen molar-refractivity contribution in [1.82, 2.24) is 8.61 Å². The lowest BCUT2D eigenvalue weighted by Crippen LogP contribution is -2.58. The van der Waals surface area contributed by atoms with Gasteiger partial charge in [0.05, 0.1) is 52.9 Å². The van der Waals surface area contributed by atoms with Crippen molar-refractivity contribution in [2.75, 3.05) is 83.2 Å². The number of carbonyl (C=O) groups is 2. The second-order valence-electron chi connectivity index (χ2n) is 14.6. The van der Waals surface area contributed by atoms with Gasteiger partial charge in [0.2, 0.25) is 20.0 Å². The van der Waals surface area contributed by atoms with Crippen LogP contribution >= 0.6 is 31.9 Å². The minimum Gasteiger partial charge on any atom is -0.468 e. The van der Waals surface area contributed by atoms with Gasteiger partial charge in [0, 0.05) is 62.9 Å². The first-order chi connectivity index (χ1) is 31.1. The van der Waals surface area contributed by atoms with Crippen LogP contribution < -0.4 is 9.47 Å². The van der Waals surface area contributed by atoms with Gasteiger partial charge in [0.15, 0.2) is 10.5 Å². The second kappa shape index (κ2) is 28.7. The van der Waals surface area contributed by atoms with Crippen molar-refractivity contribution in [2.45, 2.75) is 88.8 Å². The van der Waals surface area contributed by atoms with Crippen LogP contribution in [-0.4, -0.2) is 150 Å². The molecule has 3 saturated heterocycles. The zero-order valence-corrected chi connectivity index (χ0v) is 41.0. The molecule has 0 aliphatic carbocycles. The number of carbonyl (C=O) groups excluding carboxylic acids is 2. The summed E-state index contributed by atoms with van der Waals surface area (Å²) in [6.07, 6.45) is -8.00. The highest BCUT2D eigenvalue weighted by atomic mass is 79.9. The summed E-state index contributed by atoms with van der Waals surface area (Å²) < 4.78 is 163. The number of hydrogen-bond donors (Lipinski definition) is 0. The number of ether oxygens (including phenoxy) is 8. The third-order valence-corrected chi connectivity index (χ3v) is 15.2. The molecule has 0 aromatic heterocycles. The van der Waals surface area contributed by atoms with Gasteiger partial charge >= 0.3 is 24.7 Å². The van der Waals surface area contributed by atoms with Crippen LogP contribution in [-0.2, 0) is 71.3 Å². The highest BCUT2D eigenvalue weighted by molar-refractivity contribution is 9.09. The van der Waals surface area contributed by atoms with Crippen LogP contribution in [0.5, 0.6) is 11.5 Å². The van der Waals surface area contributed by atoms with E-state index in [9.17, 15) is 52.8 Å². The predicted octanol–water partition coefficient (Wildman–Crippen LogP) is 7.12. The smallest absolute Gasteiger partial charge is 0.468 e. The maximum absolute atomic E-state index is 13.3. The number of nitrogens with zero attached hydrogens (tertiary/aromatic N) is 2. The molecule has 0 N–H and O–H groups in total. The Labute approximate surface area is 404 Å². The molecule has 0 bridgehead atoms. The molecule has 3 fully saturated rings. The Morgan fingerprint density at radius 2 is 1.09 bits per heavy atom. The summed E-state index contributed by atoms with van der Waals surface area (Å²) in [5, 5.41) is 1.86. The Bertz CT molecular complexity index is 1980. The van der Waals surface area contributed by atoms with Gasteiger partial charge in [-0.3, -0.25) is 9.59 Å². The Balaban J connectivity index is 0.000000402. The van der Waals surface area contributed by atoms with Crippen molar-refractivity contribution in [2.24, 2.45) is 0 Å². The van der Waals surface area contributed by atoms with Crippen LogP contribution in [0, 0.1) is 0 Å². The zero-order chi connectivity index (χ0) is 49.0. The van der Waals surface area contributed by atoms with Gasteiger partial charge < -0.3 is 37.9 Å². The van der Waals surface area contributed by atoms with E-state index in [0.717, 1.165) is 31.0 Å². The fourth-order valence-electron chi connectivity index (χ4n) is 6.73. The van der Waals surface area contributed by atoms with Crippen LogP contribution in [0.25, 0.3) is 0 Å². The molecule has 0 unspecified atom stereocenters. The lowest BCUT2D eigenvalue weighted by Gasteiger charge is -2.40. The molecular weight excluding hydrogens is 1080 g/mol. The molecular formula is C41H58Br2F6N2O14S2. The Kier molecular flexibility index (Phi) is 25.9. The fraction of sp³-hybridized carbons (Fsp3) is 0.659. The van der Waals surface area contributed by atoms with Crippen molar-refractivity contribution in [3.05, 3.63) is 59.7 Å². The number of rotatable bonds is 18. The van der Waals surface area contributed by atoms with Gasteiger partial charge in [-0.25, -0.2) is 25.4 Å². The lowest BCUT2D eigenvalue weighted by molar-refractivity contribution is -0.275. The zero-order valence-electron chi connectivity index (χ0n) is 36.2. The van der Waals surface area contributed by atoms with E-state index in [1.807, 2.05) is 0 Å². The molecule has 0 amide bonds. The molecule has 0 radical (unpaired) electrons. The summed E-state index contributed by atoms with van der Waals surface area (Å²) in [7, 11) is -5.36. The average molecular weight is 1140 g/mol. The largest absolute Gasteiger partial charge is 0.573 e. The number of sulfonamides is 2. The second-order valence-corrected chi connectivity index (χ2v) is 20.4. The number of benzene rings is 2. The number of hydrogen-bond acceptors (Lipinski definition) is 14. The minimum atomic E-state index is -4.75. The molecule has 0 atom stereocenters. The van der Waals surface area contributed by atoms with Crippen LogP contribution in [0.3, 0.4) is 0 Å². The molecule has 3 heterocycles. The third-order valence-electron chi connectivity index (χ3n) is 10.1. The van der Waals surface area contributed by atoms with Crippen molar-refractivity contribution in [3.8, 4) is 11.5 Å². The standard InChI is InChI=1S/C20H26F3NO7S.C16H20F3NO6S.C4H8Br2O.CH4/c1-28-18(25)19(8-12-29-13-9-19)32(26,27)24-10-6-16(7-11-24)30-14-15-2-4-17(5-3-15)31-20(21,22)23;1-24-15(21)11-27(22,23)20-8-6-13(7-9-20)25-10-12-2-4-14(5-3-12)26-16(17,18)19;5-1-3-7-4-2-6;/h2-5,16H,6-14H2,1H3;2-5,13H,6-11H2,1H3;1-4H2;1H4. The Hall–Kier alpha value is -2.82. The van der Waals surface area contributed by atoms with Crippen LogP contribution in [0.15, 0.2) is 48.5 Å². The van der Waals surface area contributed by atoms with Gasteiger partial charge in [-0.1, -0.05) is 63.6 Å². The molecule has 16 nitrogen and oxygen atoms in total. The average Bonchev–Trinajstić information content (AvgIpc) is 3.28. The van der Waals surface area contributed by atoms with E-state index in [1.165, 1.54) is 64.3 Å². The molecule has 384 valence electrons. The highest BCUT2D eigenvalue weighted by Crippen LogP contribution is 2.35. The number of methoxy groups -OCH3 is 2. The monoisotopic (exact) mass is 1140 g/mol. The van der Waals surface area contributed by atoms with Crippen LogP contribution in [0.1, 0.15) is 57.1 Å². The molecule has 67 heavy (non-hydrogen) atoms. The number of halogens is 8. The van der Waals surface area contributed by atoms with Crippen molar-refractivity contribution < 1.29 is 90.7 Å². The van der Waals surface area contributed by atoms with E-state index >= 15 is 0 Å². The summed E-state index contributed by atoms with van der Waals surface area (Å²) in [6.45, 7) is 3.16. The normalized spacial score (nSPS) is 17.6. The molecule has 2 aromatic rings. The minimum absolute atomic E-state index is 0. The quantitative estimate of drug-likeness (QED) is 0.0637. The summed E-state index contributed by atoms with van der Waals surface area (Å²) in [4.78, 5) is 23.6. The van der Waals surface area contributed by atoms with E-state index in [2.05, 4.69) is 46.1 Å². The lowest BCUT2D eigenvalue weighted by atomic mass is 9.99. The predicted molar refractivity (Wildman–Crippen MR) is 240 cm³/mol. The van der Waals surface area contributed by atoms with E-state index in [-0.39, 0.29) is 96.6 Å². The molecule has 26 heteroatoms. The Morgan fingerprint density at radius 1 is 0.687 bits per heavy atom. The maximum atomic E-state index is 13.3. The first kappa shape index (κ1) is 60.3. The van der Waals surface area contributed by atoms with Gasteiger partial charge in [-0.2, -0.15) is 0 Å². The van der Waals surface area contributed by atoms with Crippen molar-refractivity contribution in [3.63, 3.8) is 0 Å². The summed E-state index contributed by atoms with van der Waals surface area (Å²) in [5.74, 6) is -2.90. The number of esters is 2. The van der Waals surface area contributed by atoms with Gasteiger partial charge in [-0.15, -0.1) is 26.3 Å². The van der Waals surface area contributed by atoms with Crippen molar-refractivity contribution in [1.29, 1.82) is 0 Å². The van der Waals surface area contributed by atoms with Gasteiger partial charge in [0.1, 0.15) is 11.5 Å². The summed E-state index contributed by atoms with van der Waals surface area (Å²) in [5.41, 5.74) is 1.34. The molecule has 0 spiro atoms. The topological polar surface area (TPSA) is 183 Å². The van der Waals surface area contributed by atoms with Gasteiger partial charge in [0.25, 0.3) is 0 Å². The third kappa shape index (κ3) is 20.6. The molecule has 5 rings (SSSR count). The van der Waals surface area contributed by atoms with Crippen LogP contribution in [0.4, 0.5) is 26.3 Å². The van der Waals surface area contributed by atoms with E-state index in [0.29, 0.717) is 36.8 Å². The molecule has 3 aliphatic rings. The van der Waals surface area contributed by atoms with E-state index in [4.69, 9.17) is 23.7 Å². The Morgan fingerprint density at radius 3 is 1.45 bits per heavy atom. The highest BCUT2D eigenvalue weighted by Gasteiger charge is 2.55. The van der Waals surface area contributed by atoms with E-state index < -0.39 is 55.2 Å². The first-order valence-corrected chi connectivity index (χ1v) is 25.7. The van der Waals surface area contributed by atoms with E-state index in [1.54, 1.807) is 0 Å². The molecule has 0 saturated carbocycles. The fourth-order valence-corrected chi connectivity index (χ4v) is 10.7. The molecule has 2 aromatic carbocycles. The molecule has 3 aliphatic heterocycles. The van der Waals surface area contributed by atoms with Gasteiger partial charge in [-0.05, 0) is 61.1 Å². The maximum Gasteiger partial charge on any atom is 0.573 e. The number of piperidine rings is 2. The number of alkyl halides is 8. The summed E-state index contributed by atoms with van der Waals surface area (Å²) >= 11 is 6.48. The first-order valence-electron chi connectivity index (χ1n) is 20.4.